The zero-order valence-corrected chi connectivity index (χ0v) is 13.3. The minimum Gasteiger partial charge on any atom is -0.508 e. The predicted octanol–water partition coefficient (Wildman–Crippen LogP) is 2.37. The van der Waals surface area contributed by atoms with Crippen LogP contribution < -0.4 is 0 Å². The maximum Gasteiger partial charge on any atom is 0.159 e. The zero-order chi connectivity index (χ0) is 15.4. The molecule has 0 aromatic heterocycles. The van der Waals surface area contributed by atoms with Crippen molar-refractivity contribution in [1.82, 2.24) is 9.80 Å². The van der Waals surface area contributed by atoms with E-state index in [4.69, 9.17) is 0 Å². The Morgan fingerprint density at radius 1 is 1.19 bits per heavy atom. The highest BCUT2D eigenvalue weighted by Crippen LogP contribution is 2.21. The molecule has 0 aliphatic carbocycles. The summed E-state index contributed by atoms with van der Waals surface area (Å²) in [6.07, 6.45) is 0. The Balaban J connectivity index is 1.94. The molecular weight excluding hydrogens is 264 g/mol. The Labute approximate surface area is 127 Å². The molecule has 116 valence electrons. The summed E-state index contributed by atoms with van der Waals surface area (Å²) in [6, 6.07) is 5.13. The average molecular weight is 290 g/mol. The summed E-state index contributed by atoms with van der Waals surface area (Å²) in [4.78, 5) is 16.3. The molecule has 1 saturated heterocycles. The molecule has 1 aromatic rings. The van der Waals surface area contributed by atoms with Gasteiger partial charge in [0.05, 0.1) is 0 Å². The number of carbonyl (C=O) groups is 1. The second-order valence-electron chi connectivity index (χ2n) is 6.37. The van der Waals surface area contributed by atoms with Crippen LogP contribution in [0.1, 0.15) is 36.7 Å². The molecule has 1 heterocycles. The maximum atomic E-state index is 11.4. The summed E-state index contributed by atoms with van der Waals surface area (Å²) in [5.74, 6) is 1.02. The van der Waals surface area contributed by atoms with E-state index in [1.165, 1.54) is 0 Å². The normalized spacial score (nSPS) is 17.3. The Hall–Kier alpha value is -1.39. The van der Waals surface area contributed by atoms with E-state index in [0.29, 0.717) is 18.0 Å². The van der Waals surface area contributed by atoms with E-state index in [0.717, 1.165) is 38.3 Å². The van der Waals surface area contributed by atoms with Gasteiger partial charge in [0.2, 0.25) is 0 Å². The van der Waals surface area contributed by atoms with Crippen molar-refractivity contribution >= 4 is 5.78 Å². The Bertz CT molecular complexity index is 492. The van der Waals surface area contributed by atoms with Crippen LogP contribution in [-0.2, 0) is 6.54 Å². The van der Waals surface area contributed by atoms with Crippen molar-refractivity contribution in [2.45, 2.75) is 27.3 Å². The first-order valence-electron chi connectivity index (χ1n) is 7.73. The standard InChI is InChI=1S/C17H26N2O2/c1-13(2)11-18-6-8-19(9-7-18)12-16-10-15(14(3)20)4-5-17(16)21/h4-5,10,13,21H,6-9,11-12H2,1-3H3. The van der Waals surface area contributed by atoms with Crippen LogP contribution in [0.25, 0.3) is 0 Å². The molecule has 1 aliphatic rings. The highest BCUT2D eigenvalue weighted by molar-refractivity contribution is 5.94. The lowest BCUT2D eigenvalue weighted by atomic mass is 10.1. The molecule has 4 nitrogen and oxygen atoms in total. The SMILES string of the molecule is CC(=O)c1ccc(O)c(CN2CCN(CC(C)C)CC2)c1. The van der Waals surface area contributed by atoms with Gasteiger partial charge in [0.25, 0.3) is 0 Å². The van der Waals surface area contributed by atoms with Crippen molar-refractivity contribution < 1.29 is 9.90 Å². The number of Topliss-reactive ketones (excluding diaryl/α,β-unsaturated/α-hetero) is 1. The van der Waals surface area contributed by atoms with Gasteiger partial charge in [-0.1, -0.05) is 13.8 Å². The van der Waals surface area contributed by atoms with Gasteiger partial charge < -0.3 is 10.0 Å². The number of benzene rings is 1. The minimum absolute atomic E-state index is 0.0398. The van der Waals surface area contributed by atoms with Gasteiger partial charge in [-0.25, -0.2) is 0 Å². The van der Waals surface area contributed by atoms with Crippen LogP contribution in [0.5, 0.6) is 5.75 Å². The monoisotopic (exact) mass is 290 g/mol. The fraction of sp³-hybridized carbons (Fsp3) is 0.588. The van der Waals surface area contributed by atoms with Gasteiger partial charge in [0.15, 0.2) is 5.78 Å². The van der Waals surface area contributed by atoms with Crippen LogP contribution in [0, 0.1) is 5.92 Å². The van der Waals surface area contributed by atoms with E-state index < -0.39 is 0 Å². The van der Waals surface area contributed by atoms with Gasteiger partial charge in [-0.3, -0.25) is 9.69 Å². The minimum atomic E-state index is 0.0398. The third-order valence-electron chi connectivity index (χ3n) is 3.97. The lowest BCUT2D eigenvalue weighted by Gasteiger charge is -2.35. The molecule has 0 amide bonds. The predicted molar refractivity (Wildman–Crippen MR) is 84.7 cm³/mol. The summed E-state index contributed by atoms with van der Waals surface area (Å²) in [7, 11) is 0. The van der Waals surface area contributed by atoms with Crippen molar-refractivity contribution in [2.75, 3.05) is 32.7 Å². The number of nitrogens with zero attached hydrogens (tertiary/aromatic N) is 2. The first-order chi connectivity index (χ1) is 9.95. The Morgan fingerprint density at radius 2 is 1.81 bits per heavy atom. The number of ketones is 1. The molecule has 0 unspecified atom stereocenters. The number of phenolic OH excluding ortho intramolecular Hbond substituents is 1. The Kier molecular flexibility index (Phi) is 5.37. The first kappa shape index (κ1) is 16.0. The molecule has 0 atom stereocenters. The van der Waals surface area contributed by atoms with Crippen LogP contribution in [0.3, 0.4) is 0 Å². The first-order valence-corrected chi connectivity index (χ1v) is 7.73. The zero-order valence-electron chi connectivity index (χ0n) is 13.3. The van der Waals surface area contributed by atoms with Gasteiger partial charge in [-0.05, 0) is 31.0 Å². The van der Waals surface area contributed by atoms with E-state index in [-0.39, 0.29) is 11.5 Å². The number of carbonyl (C=O) groups excluding carboxylic acids is 1. The van der Waals surface area contributed by atoms with E-state index in [1.54, 1.807) is 19.1 Å². The second kappa shape index (κ2) is 7.05. The fourth-order valence-electron chi connectivity index (χ4n) is 2.82. The van der Waals surface area contributed by atoms with E-state index in [9.17, 15) is 9.90 Å². The molecule has 2 rings (SSSR count). The van der Waals surface area contributed by atoms with Crippen LogP contribution >= 0.6 is 0 Å². The molecule has 21 heavy (non-hydrogen) atoms. The third kappa shape index (κ3) is 4.55. The Morgan fingerprint density at radius 3 is 2.38 bits per heavy atom. The number of piperazine rings is 1. The molecule has 1 aromatic carbocycles. The largest absolute Gasteiger partial charge is 0.508 e. The fourth-order valence-corrected chi connectivity index (χ4v) is 2.82. The molecule has 0 radical (unpaired) electrons. The van der Waals surface area contributed by atoms with Crippen molar-refractivity contribution in [2.24, 2.45) is 5.92 Å². The molecule has 1 N–H and O–H groups in total. The third-order valence-corrected chi connectivity index (χ3v) is 3.97. The molecule has 1 aliphatic heterocycles. The second-order valence-corrected chi connectivity index (χ2v) is 6.37. The van der Waals surface area contributed by atoms with Gasteiger partial charge >= 0.3 is 0 Å². The maximum absolute atomic E-state index is 11.4. The number of aromatic hydroxyl groups is 1. The summed E-state index contributed by atoms with van der Waals surface area (Å²) in [5, 5.41) is 9.97. The summed E-state index contributed by atoms with van der Waals surface area (Å²) < 4.78 is 0. The van der Waals surface area contributed by atoms with Crippen LogP contribution in [0.2, 0.25) is 0 Å². The molecule has 0 bridgehead atoms. The number of hydrogen-bond acceptors (Lipinski definition) is 4. The summed E-state index contributed by atoms with van der Waals surface area (Å²) >= 11 is 0. The van der Waals surface area contributed by atoms with Crippen LogP contribution in [0.15, 0.2) is 18.2 Å². The van der Waals surface area contributed by atoms with Gasteiger partial charge in [-0.2, -0.15) is 0 Å². The van der Waals surface area contributed by atoms with Crippen molar-refractivity contribution in [3.63, 3.8) is 0 Å². The number of phenols is 1. The van der Waals surface area contributed by atoms with Gasteiger partial charge in [0.1, 0.15) is 5.75 Å². The number of rotatable bonds is 5. The quantitative estimate of drug-likeness (QED) is 0.846. The van der Waals surface area contributed by atoms with Crippen LogP contribution in [-0.4, -0.2) is 53.4 Å². The topological polar surface area (TPSA) is 43.8 Å². The van der Waals surface area contributed by atoms with Crippen molar-refractivity contribution in [3.8, 4) is 5.75 Å². The van der Waals surface area contributed by atoms with Crippen molar-refractivity contribution in [1.29, 1.82) is 0 Å². The van der Waals surface area contributed by atoms with Gasteiger partial charge in [-0.15, -0.1) is 0 Å². The van der Waals surface area contributed by atoms with Crippen LogP contribution in [0.4, 0.5) is 0 Å². The van der Waals surface area contributed by atoms with E-state index in [2.05, 4.69) is 23.6 Å². The average Bonchev–Trinajstić information content (AvgIpc) is 2.42. The smallest absolute Gasteiger partial charge is 0.159 e. The van der Waals surface area contributed by atoms with E-state index >= 15 is 0 Å². The summed E-state index contributed by atoms with van der Waals surface area (Å²) in [5.41, 5.74) is 1.52. The summed E-state index contributed by atoms with van der Waals surface area (Å²) in [6.45, 7) is 12.1. The lowest BCUT2D eigenvalue weighted by Crippen LogP contribution is -2.46. The lowest BCUT2D eigenvalue weighted by molar-refractivity contribution is 0.101. The molecule has 0 spiro atoms. The molecule has 4 heteroatoms. The van der Waals surface area contributed by atoms with Gasteiger partial charge in [0, 0.05) is 50.4 Å². The van der Waals surface area contributed by atoms with Crippen molar-refractivity contribution in [3.05, 3.63) is 29.3 Å². The molecule has 0 saturated carbocycles. The van der Waals surface area contributed by atoms with E-state index in [1.807, 2.05) is 6.07 Å². The number of hydrogen-bond donors (Lipinski definition) is 1. The molecular formula is C17H26N2O2. The molecule has 1 fully saturated rings. The highest BCUT2D eigenvalue weighted by atomic mass is 16.3. The highest BCUT2D eigenvalue weighted by Gasteiger charge is 2.18.